The summed E-state index contributed by atoms with van der Waals surface area (Å²) in [5, 5.41) is 0. The lowest BCUT2D eigenvalue weighted by molar-refractivity contribution is 0.114. The molecule has 0 amide bonds. The van der Waals surface area contributed by atoms with Gasteiger partial charge in [0.15, 0.2) is 0 Å². The van der Waals surface area contributed by atoms with Gasteiger partial charge in [-0.25, -0.2) is 13.1 Å². The maximum atomic E-state index is 11.9. The summed E-state index contributed by atoms with van der Waals surface area (Å²) in [5.74, 6) is 0.0292. The van der Waals surface area contributed by atoms with E-state index in [9.17, 15) is 8.42 Å². The van der Waals surface area contributed by atoms with E-state index in [0.29, 0.717) is 6.54 Å². The molecule has 1 aliphatic heterocycles. The Bertz CT molecular complexity index is 493. The topological polar surface area (TPSA) is 55.4 Å². The van der Waals surface area contributed by atoms with Crippen LogP contribution in [0.15, 0.2) is 24.3 Å². The number of nitrogens with one attached hydrogen (secondary N) is 1. The molecule has 0 bridgehead atoms. The van der Waals surface area contributed by atoms with E-state index in [1.807, 2.05) is 31.2 Å². The van der Waals surface area contributed by atoms with Crippen LogP contribution >= 0.6 is 0 Å². The van der Waals surface area contributed by atoms with Crippen molar-refractivity contribution in [3.63, 3.8) is 0 Å². The zero-order valence-corrected chi connectivity index (χ0v) is 11.4. The molecule has 1 aliphatic rings. The fourth-order valence-corrected chi connectivity index (χ4v) is 3.26. The molecule has 100 valence electrons. The van der Waals surface area contributed by atoms with Crippen molar-refractivity contribution in [3.05, 3.63) is 35.4 Å². The van der Waals surface area contributed by atoms with Crippen LogP contribution in [0.25, 0.3) is 0 Å². The Morgan fingerprint density at radius 1 is 1.44 bits per heavy atom. The van der Waals surface area contributed by atoms with Gasteiger partial charge in [0.1, 0.15) is 0 Å². The standard InChI is InChI=1S/C13H19NO3S/c1-11-4-2-5-12(8-11)10-18(15,16)14-9-13-6-3-7-17-13/h2,4-5,8,13-14H,3,6-7,9-10H2,1H3. The summed E-state index contributed by atoms with van der Waals surface area (Å²) in [4.78, 5) is 0. The summed E-state index contributed by atoms with van der Waals surface area (Å²) >= 11 is 0. The maximum Gasteiger partial charge on any atom is 0.215 e. The summed E-state index contributed by atoms with van der Waals surface area (Å²) in [6.07, 6.45) is 1.99. The van der Waals surface area contributed by atoms with Crippen molar-refractivity contribution in [1.29, 1.82) is 0 Å². The van der Waals surface area contributed by atoms with E-state index in [-0.39, 0.29) is 11.9 Å². The smallest absolute Gasteiger partial charge is 0.215 e. The van der Waals surface area contributed by atoms with Crippen molar-refractivity contribution in [2.24, 2.45) is 0 Å². The molecule has 1 atom stereocenters. The van der Waals surface area contributed by atoms with Gasteiger partial charge in [0.2, 0.25) is 10.0 Å². The largest absolute Gasteiger partial charge is 0.377 e. The van der Waals surface area contributed by atoms with Gasteiger partial charge in [0.25, 0.3) is 0 Å². The van der Waals surface area contributed by atoms with Crippen LogP contribution < -0.4 is 4.72 Å². The fourth-order valence-electron chi connectivity index (χ4n) is 2.10. The molecule has 1 fully saturated rings. The molecule has 0 spiro atoms. The van der Waals surface area contributed by atoms with Gasteiger partial charge < -0.3 is 4.74 Å². The molecular weight excluding hydrogens is 250 g/mol. The van der Waals surface area contributed by atoms with Crippen LogP contribution in [0, 0.1) is 6.92 Å². The highest BCUT2D eigenvalue weighted by Gasteiger charge is 2.19. The van der Waals surface area contributed by atoms with Crippen LogP contribution in [-0.4, -0.2) is 27.7 Å². The van der Waals surface area contributed by atoms with Gasteiger partial charge in [0, 0.05) is 13.2 Å². The Kier molecular flexibility index (Phi) is 4.37. The van der Waals surface area contributed by atoms with Gasteiger partial charge in [-0.1, -0.05) is 29.8 Å². The van der Waals surface area contributed by atoms with Crippen molar-refractivity contribution in [2.45, 2.75) is 31.6 Å². The minimum atomic E-state index is -3.27. The van der Waals surface area contributed by atoms with E-state index >= 15 is 0 Å². The Hall–Kier alpha value is -0.910. The zero-order chi connectivity index (χ0) is 13.0. The lowest BCUT2D eigenvalue weighted by Gasteiger charge is -2.11. The molecule has 18 heavy (non-hydrogen) atoms. The third kappa shape index (κ3) is 4.08. The highest BCUT2D eigenvalue weighted by atomic mass is 32.2. The van der Waals surface area contributed by atoms with Crippen molar-refractivity contribution < 1.29 is 13.2 Å². The average molecular weight is 269 g/mol. The fraction of sp³-hybridized carbons (Fsp3) is 0.538. The van der Waals surface area contributed by atoms with Crippen LogP contribution in [0.1, 0.15) is 24.0 Å². The molecular formula is C13H19NO3S. The third-order valence-corrected chi connectivity index (χ3v) is 4.31. The maximum absolute atomic E-state index is 11.9. The Morgan fingerprint density at radius 2 is 2.28 bits per heavy atom. The first kappa shape index (κ1) is 13.5. The first-order valence-electron chi connectivity index (χ1n) is 6.20. The second-order valence-corrected chi connectivity index (χ2v) is 6.54. The number of benzene rings is 1. The van der Waals surface area contributed by atoms with E-state index in [1.165, 1.54) is 0 Å². The second kappa shape index (κ2) is 5.82. The number of sulfonamides is 1. The van der Waals surface area contributed by atoms with Crippen molar-refractivity contribution in [3.8, 4) is 0 Å². The van der Waals surface area contributed by atoms with E-state index < -0.39 is 10.0 Å². The molecule has 0 radical (unpaired) electrons. The van der Waals surface area contributed by atoms with Gasteiger partial charge in [-0.3, -0.25) is 0 Å². The number of hydrogen-bond donors (Lipinski definition) is 1. The van der Waals surface area contributed by atoms with Crippen LogP contribution in [-0.2, 0) is 20.5 Å². The number of rotatable bonds is 5. The summed E-state index contributed by atoms with van der Waals surface area (Å²) in [7, 11) is -3.27. The average Bonchev–Trinajstić information content (AvgIpc) is 2.78. The van der Waals surface area contributed by atoms with Crippen LogP contribution in [0.4, 0.5) is 0 Å². The van der Waals surface area contributed by atoms with Gasteiger partial charge in [-0.05, 0) is 25.3 Å². The van der Waals surface area contributed by atoms with Crippen LogP contribution in [0.3, 0.4) is 0 Å². The first-order chi connectivity index (χ1) is 8.55. The van der Waals surface area contributed by atoms with Crippen LogP contribution in [0.5, 0.6) is 0 Å². The monoisotopic (exact) mass is 269 g/mol. The molecule has 0 aromatic heterocycles. The Morgan fingerprint density at radius 3 is 2.94 bits per heavy atom. The highest BCUT2D eigenvalue weighted by Crippen LogP contribution is 2.12. The van der Waals surface area contributed by atoms with Gasteiger partial charge in [0.05, 0.1) is 11.9 Å². The van der Waals surface area contributed by atoms with E-state index in [1.54, 1.807) is 0 Å². The van der Waals surface area contributed by atoms with E-state index in [0.717, 1.165) is 30.6 Å². The number of hydrogen-bond acceptors (Lipinski definition) is 3. The molecule has 1 aromatic carbocycles. The van der Waals surface area contributed by atoms with E-state index in [4.69, 9.17) is 4.74 Å². The molecule has 5 heteroatoms. The molecule has 0 aliphatic carbocycles. The van der Waals surface area contributed by atoms with Gasteiger partial charge >= 0.3 is 0 Å². The zero-order valence-electron chi connectivity index (χ0n) is 10.6. The minimum absolute atomic E-state index is 0.0292. The summed E-state index contributed by atoms with van der Waals surface area (Å²) in [6.45, 7) is 3.08. The summed E-state index contributed by atoms with van der Waals surface area (Å²) < 4.78 is 31.8. The molecule has 1 N–H and O–H groups in total. The molecule has 1 unspecified atom stereocenters. The molecule has 2 rings (SSSR count). The molecule has 1 aromatic rings. The summed E-state index contributed by atoms with van der Waals surface area (Å²) in [6, 6.07) is 7.56. The van der Waals surface area contributed by atoms with E-state index in [2.05, 4.69) is 4.72 Å². The Balaban J connectivity index is 1.90. The van der Waals surface area contributed by atoms with Gasteiger partial charge in [-0.2, -0.15) is 0 Å². The SMILES string of the molecule is Cc1cccc(CS(=O)(=O)NCC2CCCO2)c1. The summed E-state index contributed by atoms with van der Waals surface area (Å²) in [5.41, 5.74) is 1.89. The van der Waals surface area contributed by atoms with Crippen molar-refractivity contribution in [1.82, 2.24) is 4.72 Å². The predicted molar refractivity (Wildman–Crippen MR) is 70.8 cm³/mol. The minimum Gasteiger partial charge on any atom is -0.377 e. The van der Waals surface area contributed by atoms with Crippen molar-refractivity contribution in [2.75, 3.05) is 13.2 Å². The molecule has 0 saturated carbocycles. The molecule has 1 saturated heterocycles. The lowest BCUT2D eigenvalue weighted by atomic mass is 10.2. The highest BCUT2D eigenvalue weighted by molar-refractivity contribution is 7.88. The van der Waals surface area contributed by atoms with Gasteiger partial charge in [-0.15, -0.1) is 0 Å². The molecule has 1 heterocycles. The normalized spacial score (nSPS) is 20.2. The number of aryl methyl sites for hydroxylation is 1. The lowest BCUT2D eigenvalue weighted by Crippen LogP contribution is -2.32. The predicted octanol–water partition coefficient (Wildman–Crippen LogP) is 1.59. The Labute approximate surface area is 108 Å². The first-order valence-corrected chi connectivity index (χ1v) is 7.85. The number of ether oxygens (including phenoxy) is 1. The quantitative estimate of drug-likeness (QED) is 0.883. The second-order valence-electron chi connectivity index (χ2n) is 4.73. The third-order valence-electron chi connectivity index (χ3n) is 2.99. The molecule has 4 nitrogen and oxygen atoms in total. The van der Waals surface area contributed by atoms with Crippen molar-refractivity contribution >= 4 is 10.0 Å². The van der Waals surface area contributed by atoms with Crippen LogP contribution in [0.2, 0.25) is 0 Å².